The second-order valence-electron chi connectivity index (χ2n) is 18.2. The van der Waals surface area contributed by atoms with E-state index in [1.165, 1.54) is 212 Å². The third-order valence-electron chi connectivity index (χ3n) is 11.9. The number of amides is 1. The number of nitrogens with one attached hydrogen (secondary N) is 1. The molecule has 9 nitrogen and oxygen atoms in total. The molecule has 0 bridgehead atoms. The number of aliphatic hydroxyl groups is 1. The lowest BCUT2D eigenvalue weighted by Crippen LogP contribution is -2.27. The van der Waals surface area contributed by atoms with Crippen LogP contribution < -0.4 is 5.32 Å². The second kappa shape index (κ2) is 49.2. The number of ether oxygens (including phenoxy) is 1. The highest BCUT2D eigenvalue weighted by molar-refractivity contribution is 7.47. The van der Waals surface area contributed by atoms with Crippen LogP contribution in [-0.2, 0) is 27.9 Å². The smallest absolute Gasteiger partial charge is 0.463 e. The summed E-state index contributed by atoms with van der Waals surface area (Å²) in [5, 5.41) is 12.8. The lowest BCUT2D eigenvalue weighted by atomic mass is 10.0. The van der Waals surface area contributed by atoms with Gasteiger partial charge in [0.05, 0.1) is 13.2 Å². The van der Waals surface area contributed by atoms with Crippen LogP contribution >= 0.6 is 7.82 Å². The minimum Gasteiger partial charge on any atom is -0.463 e. The number of unbranched alkanes of at least 4 members (excludes halogenated alkanes) is 36. The van der Waals surface area contributed by atoms with Crippen molar-refractivity contribution in [3.63, 3.8) is 0 Å². The Morgan fingerprint density at radius 3 is 1.21 bits per heavy atom. The molecule has 3 N–H and O–H groups in total. The lowest BCUT2D eigenvalue weighted by Gasteiger charge is -2.15. The minimum atomic E-state index is -4.42. The van der Waals surface area contributed by atoms with Crippen LogP contribution in [0.5, 0.6) is 0 Å². The normalized spacial score (nSPS) is 13.2. The quantitative estimate of drug-likeness (QED) is 0.0238. The Morgan fingerprint density at radius 2 is 0.823 bits per heavy atom. The molecule has 0 heterocycles. The number of aliphatic hydroxyl groups excluding tert-OH is 1. The van der Waals surface area contributed by atoms with E-state index in [0.717, 1.165) is 38.5 Å². The second-order valence-corrected chi connectivity index (χ2v) is 19.7. The first kappa shape index (κ1) is 60.8. The summed E-state index contributed by atoms with van der Waals surface area (Å²) in [4.78, 5) is 34.1. The highest BCUT2D eigenvalue weighted by Crippen LogP contribution is 2.42. The Balaban J connectivity index is 3.51. The van der Waals surface area contributed by atoms with Crippen molar-refractivity contribution < 1.29 is 37.9 Å². The van der Waals surface area contributed by atoms with Crippen LogP contribution in [0.15, 0.2) is 12.2 Å². The number of hydrogen-bond acceptors (Lipinski definition) is 7. The van der Waals surface area contributed by atoms with Crippen LogP contribution in [0.3, 0.4) is 0 Å². The van der Waals surface area contributed by atoms with Gasteiger partial charge in [-0.1, -0.05) is 238 Å². The van der Waals surface area contributed by atoms with Crippen LogP contribution in [0.1, 0.15) is 277 Å². The van der Waals surface area contributed by atoms with Gasteiger partial charge >= 0.3 is 13.8 Å². The number of allylic oxidation sites excluding steroid dienone is 2. The van der Waals surface area contributed by atoms with Crippen LogP contribution in [0.4, 0.5) is 0 Å². The molecule has 0 saturated heterocycles. The number of phosphoric ester groups is 1. The molecule has 0 fully saturated rings. The fourth-order valence-electron chi connectivity index (χ4n) is 7.91. The average Bonchev–Trinajstić information content (AvgIpc) is 3.26. The van der Waals surface area contributed by atoms with E-state index in [4.69, 9.17) is 13.8 Å². The van der Waals surface area contributed by atoms with Gasteiger partial charge in [-0.2, -0.15) is 0 Å². The average molecular weight is 900 g/mol. The van der Waals surface area contributed by atoms with Gasteiger partial charge in [-0.05, 0) is 38.5 Å². The molecule has 0 aliphatic rings. The fraction of sp³-hybridized carbons (Fsp3) is 0.923. The summed E-state index contributed by atoms with van der Waals surface area (Å²) in [6, 6.07) is 0. The first-order valence-corrected chi connectivity index (χ1v) is 28.2. The number of esters is 1. The summed E-state index contributed by atoms with van der Waals surface area (Å²) < 4.78 is 27.0. The molecule has 62 heavy (non-hydrogen) atoms. The van der Waals surface area contributed by atoms with Gasteiger partial charge in [-0.25, -0.2) is 4.57 Å². The summed E-state index contributed by atoms with van der Waals surface area (Å²) in [6.07, 6.45) is 54.4. The molecule has 0 aliphatic heterocycles. The highest BCUT2D eigenvalue weighted by atomic mass is 31.2. The Hall–Kier alpha value is -1.25. The third-order valence-corrected chi connectivity index (χ3v) is 12.9. The molecule has 0 aliphatic carbocycles. The molecule has 0 aromatic rings. The topological polar surface area (TPSA) is 131 Å². The van der Waals surface area contributed by atoms with Crippen molar-refractivity contribution in [1.29, 1.82) is 0 Å². The van der Waals surface area contributed by atoms with Gasteiger partial charge in [0.2, 0.25) is 5.91 Å². The Kier molecular flexibility index (Phi) is 48.2. The third kappa shape index (κ3) is 49.8. The molecule has 2 unspecified atom stereocenters. The highest BCUT2D eigenvalue weighted by Gasteiger charge is 2.23. The zero-order chi connectivity index (χ0) is 45.3. The SMILES string of the molecule is CCCCCCCC/C=C/CCCCCCCCCCCC(=O)NCCOP(=O)(O)OCC(O)COC(=O)CCCCCCCCCCCCCCCCCCCCCCCC. The Morgan fingerprint density at radius 1 is 0.484 bits per heavy atom. The van der Waals surface area contributed by atoms with Crippen molar-refractivity contribution in [2.45, 2.75) is 283 Å². The monoisotopic (exact) mass is 900 g/mol. The maximum absolute atomic E-state index is 12.2. The van der Waals surface area contributed by atoms with Gasteiger partial charge < -0.3 is 20.1 Å². The predicted octanol–water partition coefficient (Wildman–Crippen LogP) is 15.7. The largest absolute Gasteiger partial charge is 0.472 e. The molecular weight excluding hydrogens is 798 g/mol. The molecule has 10 heteroatoms. The minimum absolute atomic E-state index is 0.0847. The number of carbonyl (C=O) groups is 2. The van der Waals surface area contributed by atoms with Crippen molar-refractivity contribution in [2.24, 2.45) is 0 Å². The zero-order valence-corrected chi connectivity index (χ0v) is 41.7. The molecule has 0 spiro atoms. The van der Waals surface area contributed by atoms with E-state index < -0.39 is 26.5 Å². The van der Waals surface area contributed by atoms with Crippen LogP contribution in [-0.4, -0.2) is 54.3 Å². The van der Waals surface area contributed by atoms with Gasteiger partial charge in [0.25, 0.3) is 0 Å². The number of carbonyl (C=O) groups excluding carboxylic acids is 2. The summed E-state index contributed by atoms with van der Waals surface area (Å²) in [6.45, 7) is 3.61. The summed E-state index contributed by atoms with van der Waals surface area (Å²) >= 11 is 0. The van der Waals surface area contributed by atoms with Crippen molar-refractivity contribution in [3.05, 3.63) is 12.2 Å². The molecule has 368 valence electrons. The molecule has 2 atom stereocenters. The standard InChI is InChI=1S/C52H102NO8P/c1-3-5-7-9-11-13-15-17-19-21-23-24-25-27-29-31-33-35-37-39-41-43-45-52(56)59-48-50(54)49-61-62(57,58)60-47-46-53-51(55)44-42-40-38-36-34-32-30-28-26-22-20-18-16-14-12-10-8-6-4-2/h18,20,50,54H,3-17,19,21-49H2,1-2H3,(H,53,55)(H,57,58)/b20-18+. The molecule has 0 aromatic carbocycles. The summed E-state index contributed by atoms with van der Waals surface area (Å²) in [5.74, 6) is -0.504. The van der Waals surface area contributed by atoms with Gasteiger partial charge in [0, 0.05) is 19.4 Å². The molecular formula is C52H102NO8P. The Labute approximate surface area is 383 Å². The number of hydrogen-bond donors (Lipinski definition) is 3. The molecule has 0 aromatic heterocycles. The van der Waals surface area contributed by atoms with Crippen molar-refractivity contribution in [1.82, 2.24) is 5.32 Å². The first-order valence-electron chi connectivity index (χ1n) is 26.7. The molecule has 0 rings (SSSR count). The lowest BCUT2D eigenvalue weighted by molar-refractivity contribution is -0.147. The van der Waals surface area contributed by atoms with Gasteiger partial charge in [0.1, 0.15) is 12.7 Å². The van der Waals surface area contributed by atoms with E-state index in [9.17, 15) is 24.2 Å². The Bertz CT molecular complexity index is 1030. The van der Waals surface area contributed by atoms with Crippen molar-refractivity contribution in [2.75, 3.05) is 26.4 Å². The molecule has 0 saturated carbocycles. The van der Waals surface area contributed by atoms with Crippen molar-refractivity contribution >= 4 is 19.7 Å². The van der Waals surface area contributed by atoms with Gasteiger partial charge in [0.15, 0.2) is 0 Å². The summed E-state index contributed by atoms with van der Waals surface area (Å²) in [7, 11) is -4.42. The van der Waals surface area contributed by atoms with Crippen molar-refractivity contribution in [3.8, 4) is 0 Å². The van der Waals surface area contributed by atoms with E-state index in [0.29, 0.717) is 6.42 Å². The van der Waals surface area contributed by atoms with Gasteiger partial charge in [-0.15, -0.1) is 0 Å². The molecule has 1 amide bonds. The van der Waals surface area contributed by atoms with E-state index in [1.54, 1.807) is 0 Å². The van der Waals surface area contributed by atoms with E-state index >= 15 is 0 Å². The maximum atomic E-state index is 12.2. The molecule has 0 radical (unpaired) electrons. The van der Waals surface area contributed by atoms with E-state index in [2.05, 4.69) is 31.3 Å². The van der Waals surface area contributed by atoms with E-state index in [-0.39, 0.29) is 32.1 Å². The predicted molar refractivity (Wildman–Crippen MR) is 261 cm³/mol. The maximum Gasteiger partial charge on any atom is 0.472 e. The number of rotatable bonds is 51. The number of phosphoric acid groups is 1. The van der Waals surface area contributed by atoms with Gasteiger partial charge in [-0.3, -0.25) is 18.6 Å². The van der Waals surface area contributed by atoms with Crippen LogP contribution in [0.25, 0.3) is 0 Å². The first-order chi connectivity index (χ1) is 30.3. The summed E-state index contributed by atoms with van der Waals surface area (Å²) in [5.41, 5.74) is 0. The van der Waals surface area contributed by atoms with Crippen LogP contribution in [0.2, 0.25) is 0 Å². The fourth-order valence-corrected chi connectivity index (χ4v) is 8.67. The van der Waals surface area contributed by atoms with E-state index in [1.807, 2.05) is 0 Å². The zero-order valence-electron chi connectivity index (χ0n) is 40.8. The van der Waals surface area contributed by atoms with Crippen LogP contribution in [0, 0.1) is 0 Å².